The van der Waals surface area contributed by atoms with Gasteiger partial charge in [0.2, 0.25) is 15.8 Å². The van der Waals surface area contributed by atoms with E-state index < -0.39 is 22.6 Å². The van der Waals surface area contributed by atoms with Crippen LogP contribution in [-0.4, -0.2) is 33.0 Å². The van der Waals surface area contributed by atoms with Crippen LogP contribution in [0.25, 0.3) is 0 Å². The Morgan fingerprint density at radius 3 is 2.22 bits per heavy atom. The highest BCUT2D eigenvalue weighted by molar-refractivity contribution is 7.92. The Bertz CT molecular complexity index is 1010. The highest BCUT2D eigenvalue weighted by Crippen LogP contribution is 2.22. The van der Waals surface area contributed by atoms with Gasteiger partial charge in [0, 0.05) is 5.56 Å². The Kier molecular flexibility index (Phi) is 6.05. The summed E-state index contributed by atoms with van der Waals surface area (Å²) < 4.78 is 30.3. The van der Waals surface area contributed by atoms with Crippen LogP contribution in [0, 0.1) is 27.7 Å². The third-order valence-electron chi connectivity index (χ3n) is 4.56. The van der Waals surface area contributed by atoms with E-state index in [9.17, 15) is 18.0 Å². The molecule has 1 N–H and O–H groups in total. The van der Waals surface area contributed by atoms with Crippen LogP contribution < -0.4 is 4.72 Å². The monoisotopic (exact) mass is 389 g/mol. The molecule has 6 nitrogen and oxygen atoms in total. The Labute approximate surface area is 159 Å². The van der Waals surface area contributed by atoms with Crippen molar-refractivity contribution in [3.05, 3.63) is 63.7 Å². The number of ether oxygens (including phenoxy) is 1. The Morgan fingerprint density at radius 1 is 0.963 bits per heavy atom. The number of carbonyl (C=O) groups excluding carboxylic acids is 2. The molecule has 0 amide bonds. The first-order valence-corrected chi connectivity index (χ1v) is 10.2. The van der Waals surface area contributed by atoms with E-state index >= 15 is 0 Å². The van der Waals surface area contributed by atoms with Crippen molar-refractivity contribution < 1.29 is 22.7 Å². The summed E-state index contributed by atoms with van der Waals surface area (Å²) in [4.78, 5) is 24.9. The van der Waals surface area contributed by atoms with Gasteiger partial charge < -0.3 is 4.74 Å². The first-order chi connectivity index (χ1) is 12.5. The molecule has 2 aromatic rings. The van der Waals surface area contributed by atoms with Gasteiger partial charge in [-0.1, -0.05) is 12.1 Å². The summed E-state index contributed by atoms with van der Waals surface area (Å²) in [5, 5.41) is 0. The van der Waals surface area contributed by atoms with Crippen molar-refractivity contribution in [2.75, 3.05) is 17.6 Å². The topological polar surface area (TPSA) is 89.5 Å². The van der Waals surface area contributed by atoms with Crippen molar-refractivity contribution in [2.45, 2.75) is 27.7 Å². The predicted octanol–water partition coefficient (Wildman–Crippen LogP) is 3.33. The van der Waals surface area contributed by atoms with Crippen molar-refractivity contribution in [3.8, 4) is 0 Å². The average Bonchev–Trinajstić information content (AvgIpc) is 2.59. The fourth-order valence-electron chi connectivity index (χ4n) is 2.74. The number of aryl methyl sites for hydroxylation is 1. The highest BCUT2D eigenvalue weighted by atomic mass is 32.2. The number of anilines is 1. The second-order valence-corrected chi connectivity index (χ2v) is 8.28. The van der Waals surface area contributed by atoms with Crippen LogP contribution in [0.2, 0.25) is 0 Å². The minimum Gasteiger partial charge on any atom is -0.454 e. The van der Waals surface area contributed by atoms with Crippen LogP contribution in [0.4, 0.5) is 5.69 Å². The smallest absolute Gasteiger partial charge is 0.340 e. The molecule has 0 aliphatic heterocycles. The lowest BCUT2D eigenvalue weighted by atomic mass is 9.93. The van der Waals surface area contributed by atoms with Gasteiger partial charge in [0.1, 0.15) is 0 Å². The zero-order valence-corrected chi connectivity index (χ0v) is 16.9. The molecule has 0 aromatic heterocycles. The number of para-hydroxylation sites is 1. The van der Waals surface area contributed by atoms with E-state index in [-0.39, 0.29) is 17.0 Å². The SMILES string of the molecule is Cc1cc(C(=O)COC(=O)c2ccccc2NS(C)(=O)=O)c(C)c(C)c1C. The summed E-state index contributed by atoms with van der Waals surface area (Å²) in [6.07, 6.45) is 0.990. The number of nitrogens with one attached hydrogen (secondary N) is 1. The lowest BCUT2D eigenvalue weighted by Crippen LogP contribution is -2.18. The van der Waals surface area contributed by atoms with E-state index in [0.717, 1.165) is 28.5 Å². The number of Topliss-reactive ketones (excluding diaryl/α,β-unsaturated/α-hetero) is 1. The predicted molar refractivity (Wildman–Crippen MR) is 105 cm³/mol. The van der Waals surface area contributed by atoms with Crippen LogP contribution in [0.15, 0.2) is 30.3 Å². The second kappa shape index (κ2) is 7.92. The molecule has 2 aromatic carbocycles. The second-order valence-electron chi connectivity index (χ2n) is 6.54. The standard InChI is InChI=1S/C20H23NO5S/c1-12-10-17(15(4)14(3)13(12)2)19(22)11-26-20(23)16-8-6-7-9-18(16)21-27(5,24)25/h6-10,21H,11H2,1-5H3. The molecule has 0 saturated heterocycles. The van der Waals surface area contributed by atoms with Crippen molar-refractivity contribution in [2.24, 2.45) is 0 Å². The van der Waals surface area contributed by atoms with Crippen molar-refractivity contribution in [1.82, 2.24) is 0 Å². The van der Waals surface area contributed by atoms with Crippen molar-refractivity contribution in [3.63, 3.8) is 0 Å². The average molecular weight is 389 g/mol. The maximum absolute atomic E-state index is 12.5. The van der Waals surface area contributed by atoms with E-state index in [1.54, 1.807) is 18.2 Å². The van der Waals surface area contributed by atoms with Crippen molar-refractivity contribution >= 4 is 27.5 Å². The third-order valence-corrected chi connectivity index (χ3v) is 5.15. The fraction of sp³-hybridized carbons (Fsp3) is 0.300. The number of sulfonamides is 1. The van der Waals surface area contributed by atoms with Gasteiger partial charge in [0.25, 0.3) is 0 Å². The number of hydrogen-bond donors (Lipinski definition) is 1. The van der Waals surface area contributed by atoms with Gasteiger partial charge in [-0.05, 0) is 68.1 Å². The van der Waals surface area contributed by atoms with Crippen LogP contribution >= 0.6 is 0 Å². The summed E-state index contributed by atoms with van der Waals surface area (Å²) in [6, 6.07) is 7.87. The Balaban J connectivity index is 2.19. The molecule has 0 spiro atoms. The highest BCUT2D eigenvalue weighted by Gasteiger charge is 2.19. The van der Waals surface area contributed by atoms with Gasteiger partial charge in [-0.25, -0.2) is 13.2 Å². The summed E-state index contributed by atoms with van der Waals surface area (Å²) >= 11 is 0. The molecule has 0 unspecified atom stereocenters. The molecule has 0 aliphatic carbocycles. The first-order valence-electron chi connectivity index (χ1n) is 8.36. The quantitative estimate of drug-likeness (QED) is 0.605. The molecule has 144 valence electrons. The van der Waals surface area contributed by atoms with Crippen LogP contribution in [0.3, 0.4) is 0 Å². The fourth-order valence-corrected chi connectivity index (χ4v) is 3.32. The molecule has 2 rings (SSSR count). The van der Waals surface area contributed by atoms with E-state index in [4.69, 9.17) is 4.74 Å². The van der Waals surface area contributed by atoms with Crippen LogP contribution in [-0.2, 0) is 14.8 Å². The summed E-state index contributed by atoms with van der Waals surface area (Å²) in [5.74, 6) is -1.08. The molecule has 0 aliphatic rings. The molecule has 0 radical (unpaired) electrons. The molecule has 0 atom stereocenters. The van der Waals surface area contributed by atoms with Crippen molar-refractivity contribution in [1.29, 1.82) is 0 Å². The first kappa shape index (κ1) is 20.6. The molecular weight excluding hydrogens is 366 g/mol. The van der Waals surface area contributed by atoms with Gasteiger partial charge in [-0.2, -0.15) is 0 Å². The molecule has 0 saturated carbocycles. The zero-order valence-electron chi connectivity index (χ0n) is 16.0. The number of hydrogen-bond acceptors (Lipinski definition) is 5. The zero-order chi connectivity index (χ0) is 20.4. The van der Waals surface area contributed by atoms with E-state index in [0.29, 0.717) is 5.56 Å². The van der Waals surface area contributed by atoms with E-state index in [1.807, 2.05) is 27.7 Å². The van der Waals surface area contributed by atoms with Gasteiger partial charge in [-0.3, -0.25) is 9.52 Å². The Morgan fingerprint density at radius 2 is 1.59 bits per heavy atom. The molecule has 27 heavy (non-hydrogen) atoms. The van der Waals surface area contributed by atoms with Crippen LogP contribution in [0.5, 0.6) is 0 Å². The normalized spacial score (nSPS) is 11.1. The molecule has 7 heteroatoms. The van der Waals surface area contributed by atoms with E-state index in [2.05, 4.69) is 4.72 Å². The lowest BCUT2D eigenvalue weighted by molar-refractivity contribution is 0.0475. The minimum absolute atomic E-state index is 0.0451. The van der Waals surface area contributed by atoms with Gasteiger partial charge in [0.05, 0.1) is 17.5 Å². The van der Waals surface area contributed by atoms with Gasteiger partial charge in [0.15, 0.2) is 6.61 Å². The molecule has 0 heterocycles. The van der Waals surface area contributed by atoms with Crippen LogP contribution in [0.1, 0.15) is 43.0 Å². The number of carbonyl (C=O) groups is 2. The lowest BCUT2D eigenvalue weighted by Gasteiger charge is -2.14. The summed E-state index contributed by atoms with van der Waals surface area (Å²) in [7, 11) is -3.55. The van der Waals surface area contributed by atoms with Gasteiger partial charge in [-0.15, -0.1) is 0 Å². The molecule has 0 bridgehead atoms. The number of esters is 1. The molecule has 0 fully saturated rings. The maximum atomic E-state index is 12.5. The Hall–Kier alpha value is -2.67. The third kappa shape index (κ3) is 4.95. The summed E-state index contributed by atoms with van der Waals surface area (Å²) in [5.41, 5.74) is 4.69. The van der Waals surface area contributed by atoms with E-state index in [1.165, 1.54) is 12.1 Å². The largest absolute Gasteiger partial charge is 0.454 e. The maximum Gasteiger partial charge on any atom is 0.340 e. The number of benzene rings is 2. The van der Waals surface area contributed by atoms with Gasteiger partial charge >= 0.3 is 5.97 Å². The minimum atomic E-state index is -3.55. The molecular formula is C20H23NO5S. The number of ketones is 1. The summed E-state index contributed by atoms with van der Waals surface area (Å²) in [6.45, 7) is 7.32. The number of rotatable bonds is 6.